The van der Waals surface area contributed by atoms with Crippen LogP contribution in [0.1, 0.15) is 60.3 Å². The fourth-order valence-corrected chi connectivity index (χ4v) is 3.35. The summed E-state index contributed by atoms with van der Waals surface area (Å²) in [5.74, 6) is 1.50. The molecule has 1 heterocycles. The van der Waals surface area contributed by atoms with Gasteiger partial charge >= 0.3 is 0 Å². The maximum Gasteiger partial charge on any atom is 0.241 e. The normalized spacial score (nSPS) is 29.6. The lowest BCUT2D eigenvalue weighted by Crippen LogP contribution is -2.45. The van der Waals surface area contributed by atoms with Crippen LogP contribution in [0, 0.1) is 17.3 Å². The number of nitrogens with zero attached hydrogens (tertiary/aromatic N) is 1. The number of hydrogen-bond acceptors (Lipinski definition) is 2. The molecule has 1 saturated carbocycles. The van der Waals surface area contributed by atoms with Crippen LogP contribution in [-0.2, 0) is 4.79 Å². The van der Waals surface area contributed by atoms with Crippen LogP contribution in [0.5, 0.6) is 0 Å². The molecule has 0 aromatic carbocycles. The molecule has 110 valence electrons. The molecule has 3 heteroatoms. The van der Waals surface area contributed by atoms with E-state index in [0.717, 1.165) is 19.4 Å². The van der Waals surface area contributed by atoms with Crippen molar-refractivity contribution in [1.82, 2.24) is 10.2 Å². The summed E-state index contributed by atoms with van der Waals surface area (Å²) < 4.78 is 0. The Morgan fingerprint density at radius 2 is 1.95 bits per heavy atom. The van der Waals surface area contributed by atoms with Crippen molar-refractivity contribution >= 4 is 5.91 Å². The van der Waals surface area contributed by atoms with Crippen molar-refractivity contribution in [3.05, 3.63) is 0 Å². The second-order valence-corrected chi connectivity index (χ2v) is 7.18. The molecule has 2 aliphatic rings. The molecule has 3 nitrogen and oxygen atoms in total. The Morgan fingerprint density at radius 3 is 2.37 bits per heavy atom. The van der Waals surface area contributed by atoms with Crippen molar-refractivity contribution in [3.8, 4) is 0 Å². The molecule has 0 aromatic rings. The summed E-state index contributed by atoms with van der Waals surface area (Å²) in [5.41, 5.74) is 0.408. The minimum atomic E-state index is 0.0559. The lowest BCUT2D eigenvalue weighted by atomic mass is 9.91. The second kappa shape index (κ2) is 5.43. The van der Waals surface area contributed by atoms with Gasteiger partial charge in [-0.15, -0.1) is 0 Å². The Morgan fingerprint density at radius 1 is 1.32 bits per heavy atom. The molecule has 2 rings (SSSR count). The molecule has 19 heavy (non-hydrogen) atoms. The van der Waals surface area contributed by atoms with Crippen molar-refractivity contribution in [2.24, 2.45) is 17.3 Å². The second-order valence-electron chi connectivity index (χ2n) is 7.18. The number of carbonyl (C=O) groups excluding carboxylic acids is 1. The Bertz CT molecular complexity index is 334. The average Bonchev–Trinajstić information content (AvgIpc) is 3.06. The number of nitrogens with one attached hydrogen (secondary N) is 1. The van der Waals surface area contributed by atoms with Crippen LogP contribution in [0.2, 0.25) is 0 Å². The number of rotatable bonds is 6. The lowest BCUT2D eigenvalue weighted by molar-refractivity contribution is -0.131. The topological polar surface area (TPSA) is 32.3 Å². The van der Waals surface area contributed by atoms with E-state index in [1.807, 2.05) is 0 Å². The highest BCUT2D eigenvalue weighted by Gasteiger charge is 2.50. The minimum Gasteiger partial charge on any atom is -0.325 e. The first kappa shape index (κ1) is 14.8. The number of amides is 1. The van der Waals surface area contributed by atoms with Crippen LogP contribution >= 0.6 is 0 Å². The molecule has 1 aliphatic carbocycles. The van der Waals surface area contributed by atoms with Gasteiger partial charge in [-0.1, -0.05) is 41.0 Å². The van der Waals surface area contributed by atoms with E-state index in [2.05, 4.69) is 44.8 Å². The quantitative estimate of drug-likeness (QED) is 0.801. The molecule has 2 atom stereocenters. The fourth-order valence-electron chi connectivity index (χ4n) is 3.35. The van der Waals surface area contributed by atoms with Gasteiger partial charge in [0.05, 0.1) is 12.2 Å². The van der Waals surface area contributed by atoms with Crippen molar-refractivity contribution in [2.45, 2.75) is 72.5 Å². The molecule has 0 aromatic heterocycles. The summed E-state index contributed by atoms with van der Waals surface area (Å²) in [4.78, 5) is 14.8. The van der Waals surface area contributed by atoms with Gasteiger partial charge in [-0.2, -0.15) is 0 Å². The standard InChI is InChI=1S/C16H30N2O/c1-6-7-13-15(19)18(14(17-13)11(2)3)10-16(8-9-16)12(4)5/h11-14,17H,6-10H2,1-5H3. The summed E-state index contributed by atoms with van der Waals surface area (Å²) in [6, 6.07) is 0.0559. The molecule has 0 radical (unpaired) electrons. The maximum absolute atomic E-state index is 12.6. The maximum atomic E-state index is 12.6. The van der Waals surface area contributed by atoms with Crippen LogP contribution < -0.4 is 5.32 Å². The zero-order valence-corrected chi connectivity index (χ0v) is 13.2. The van der Waals surface area contributed by atoms with Gasteiger partial charge in [-0.05, 0) is 36.5 Å². The Kier molecular flexibility index (Phi) is 4.24. The largest absolute Gasteiger partial charge is 0.325 e. The van der Waals surface area contributed by atoms with E-state index in [-0.39, 0.29) is 12.2 Å². The summed E-state index contributed by atoms with van der Waals surface area (Å²) in [5, 5.41) is 3.56. The zero-order chi connectivity index (χ0) is 14.2. The van der Waals surface area contributed by atoms with E-state index < -0.39 is 0 Å². The zero-order valence-electron chi connectivity index (χ0n) is 13.2. The van der Waals surface area contributed by atoms with Crippen molar-refractivity contribution in [3.63, 3.8) is 0 Å². The van der Waals surface area contributed by atoms with E-state index in [4.69, 9.17) is 0 Å². The molecular weight excluding hydrogens is 236 g/mol. The molecule has 2 fully saturated rings. The molecule has 2 unspecified atom stereocenters. The molecule has 1 aliphatic heterocycles. The van der Waals surface area contributed by atoms with Gasteiger partial charge in [0.2, 0.25) is 5.91 Å². The first-order chi connectivity index (χ1) is 8.91. The molecule has 0 bridgehead atoms. The van der Waals surface area contributed by atoms with Crippen molar-refractivity contribution in [1.29, 1.82) is 0 Å². The summed E-state index contributed by atoms with van der Waals surface area (Å²) in [6.45, 7) is 12.1. The smallest absolute Gasteiger partial charge is 0.241 e. The van der Waals surface area contributed by atoms with Gasteiger partial charge < -0.3 is 4.90 Å². The third-order valence-corrected chi connectivity index (χ3v) is 5.10. The lowest BCUT2D eigenvalue weighted by Gasteiger charge is -2.32. The third kappa shape index (κ3) is 2.81. The van der Waals surface area contributed by atoms with Gasteiger partial charge in [0, 0.05) is 6.54 Å². The van der Waals surface area contributed by atoms with E-state index in [9.17, 15) is 4.79 Å². The Hall–Kier alpha value is -0.570. The number of hydrogen-bond donors (Lipinski definition) is 1. The summed E-state index contributed by atoms with van der Waals surface area (Å²) in [7, 11) is 0. The predicted molar refractivity (Wildman–Crippen MR) is 78.7 cm³/mol. The first-order valence-corrected chi connectivity index (χ1v) is 7.98. The fraction of sp³-hybridized carbons (Fsp3) is 0.938. The highest BCUT2D eigenvalue weighted by molar-refractivity contribution is 5.84. The molecule has 0 spiro atoms. The van der Waals surface area contributed by atoms with Crippen LogP contribution in [0.4, 0.5) is 0 Å². The van der Waals surface area contributed by atoms with Crippen LogP contribution in [0.15, 0.2) is 0 Å². The summed E-state index contributed by atoms with van der Waals surface area (Å²) in [6.07, 6.45) is 4.85. The molecule has 1 N–H and O–H groups in total. The van der Waals surface area contributed by atoms with Gasteiger partial charge in [-0.3, -0.25) is 10.1 Å². The Balaban J connectivity index is 2.09. The van der Waals surface area contributed by atoms with Gasteiger partial charge in [0.1, 0.15) is 0 Å². The average molecular weight is 266 g/mol. The van der Waals surface area contributed by atoms with E-state index >= 15 is 0 Å². The van der Waals surface area contributed by atoms with Gasteiger partial charge in [-0.25, -0.2) is 0 Å². The first-order valence-electron chi connectivity index (χ1n) is 7.98. The van der Waals surface area contributed by atoms with Crippen molar-refractivity contribution in [2.75, 3.05) is 6.54 Å². The van der Waals surface area contributed by atoms with Crippen LogP contribution in [0.25, 0.3) is 0 Å². The molecule has 1 saturated heterocycles. The minimum absolute atomic E-state index is 0.0559. The number of carbonyl (C=O) groups is 1. The highest BCUT2D eigenvalue weighted by atomic mass is 16.2. The molecular formula is C16H30N2O. The highest BCUT2D eigenvalue weighted by Crippen LogP contribution is 2.53. The predicted octanol–water partition coefficient (Wildman–Crippen LogP) is 3.01. The van der Waals surface area contributed by atoms with E-state index in [1.54, 1.807) is 0 Å². The molecule has 1 amide bonds. The van der Waals surface area contributed by atoms with Crippen LogP contribution in [-0.4, -0.2) is 29.6 Å². The van der Waals surface area contributed by atoms with E-state index in [1.165, 1.54) is 12.8 Å². The van der Waals surface area contributed by atoms with Crippen molar-refractivity contribution < 1.29 is 4.79 Å². The third-order valence-electron chi connectivity index (χ3n) is 5.10. The summed E-state index contributed by atoms with van der Waals surface area (Å²) >= 11 is 0. The Labute approximate surface area is 118 Å². The van der Waals surface area contributed by atoms with Gasteiger partial charge in [0.25, 0.3) is 0 Å². The van der Waals surface area contributed by atoms with Crippen LogP contribution in [0.3, 0.4) is 0 Å². The van der Waals surface area contributed by atoms with Gasteiger partial charge in [0.15, 0.2) is 0 Å². The van der Waals surface area contributed by atoms with E-state index in [0.29, 0.717) is 23.2 Å². The monoisotopic (exact) mass is 266 g/mol. The SMILES string of the molecule is CCCC1NC(C(C)C)N(CC2(C(C)C)CC2)C1=O.